The molecule has 0 saturated carbocycles. The van der Waals surface area contributed by atoms with Crippen molar-refractivity contribution in [2.24, 2.45) is 0 Å². The molecular formula is C22H19F3N2O3S2. The molecule has 10 heteroatoms. The molecule has 0 fully saturated rings. The number of hydrogen-bond donors (Lipinski definition) is 0. The van der Waals surface area contributed by atoms with E-state index in [0.29, 0.717) is 45.0 Å². The first-order valence-corrected chi connectivity index (χ1v) is 11.6. The van der Waals surface area contributed by atoms with Crippen LogP contribution in [0.4, 0.5) is 13.2 Å². The van der Waals surface area contributed by atoms with Crippen LogP contribution in [-0.4, -0.2) is 29.5 Å². The van der Waals surface area contributed by atoms with Gasteiger partial charge >= 0.3 is 6.18 Å². The standard InChI is InChI=1S/C22H19F3N2O3S2/c1-29-17-8-7-15(11-18(17)30-2)27-20(28)19-16(9-10-31-19)26-21(27)32-12-13-3-5-14(6-4-13)22(23,24)25/h3-8,11H,9-10,12H2,1-2H3. The summed E-state index contributed by atoms with van der Waals surface area (Å²) in [7, 11) is 3.05. The van der Waals surface area contributed by atoms with E-state index in [0.717, 1.165) is 23.6 Å². The maximum Gasteiger partial charge on any atom is 0.416 e. The van der Waals surface area contributed by atoms with Crippen LogP contribution in [0.15, 0.2) is 57.3 Å². The Morgan fingerprint density at radius 1 is 1.09 bits per heavy atom. The number of fused-ring (bicyclic) bond motifs is 1. The van der Waals surface area contributed by atoms with Gasteiger partial charge in [-0.25, -0.2) is 4.98 Å². The Kier molecular flexibility index (Phi) is 6.43. The van der Waals surface area contributed by atoms with E-state index in [1.54, 1.807) is 18.2 Å². The number of ether oxygens (including phenoxy) is 2. The average molecular weight is 481 g/mol. The number of hydrogen-bond acceptors (Lipinski definition) is 6. The highest BCUT2D eigenvalue weighted by molar-refractivity contribution is 7.99. The lowest BCUT2D eigenvalue weighted by molar-refractivity contribution is -0.137. The summed E-state index contributed by atoms with van der Waals surface area (Å²) in [6.45, 7) is 0. The molecule has 0 N–H and O–H groups in total. The summed E-state index contributed by atoms with van der Waals surface area (Å²) < 4.78 is 50.7. The van der Waals surface area contributed by atoms with Crippen LogP contribution in [0.3, 0.4) is 0 Å². The zero-order chi connectivity index (χ0) is 22.9. The van der Waals surface area contributed by atoms with Gasteiger partial charge in [0, 0.05) is 24.0 Å². The van der Waals surface area contributed by atoms with Gasteiger partial charge in [-0.05, 0) is 29.8 Å². The van der Waals surface area contributed by atoms with Crippen LogP contribution in [0.25, 0.3) is 5.69 Å². The predicted octanol–water partition coefficient (Wildman–Crippen LogP) is 5.21. The minimum Gasteiger partial charge on any atom is -0.493 e. The largest absolute Gasteiger partial charge is 0.493 e. The van der Waals surface area contributed by atoms with Gasteiger partial charge in [-0.15, -0.1) is 11.8 Å². The van der Waals surface area contributed by atoms with Crippen molar-refractivity contribution in [1.82, 2.24) is 9.55 Å². The highest BCUT2D eigenvalue weighted by Gasteiger charge is 2.30. The van der Waals surface area contributed by atoms with Crippen LogP contribution in [0.2, 0.25) is 0 Å². The normalized spacial score (nSPS) is 13.2. The average Bonchev–Trinajstić information content (AvgIpc) is 3.26. The number of aromatic nitrogens is 2. The molecule has 0 unspecified atom stereocenters. The van der Waals surface area contributed by atoms with Gasteiger partial charge in [-0.1, -0.05) is 23.9 Å². The molecule has 32 heavy (non-hydrogen) atoms. The van der Waals surface area contributed by atoms with E-state index in [2.05, 4.69) is 0 Å². The maximum absolute atomic E-state index is 13.3. The molecule has 0 bridgehead atoms. The zero-order valence-electron chi connectivity index (χ0n) is 17.2. The van der Waals surface area contributed by atoms with Gasteiger partial charge in [0.15, 0.2) is 16.7 Å². The minimum atomic E-state index is -4.38. The first-order valence-electron chi connectivity index (χ1n) is 9.62. The monoisotopic (exact) mass is 480 g/mol. The van der Waals surface area contributed by atoms with E-state index in [1.165, 1.54) is 54.4 Å². The van der Waals surface area contributed by atoms with Gasteiger partial charge in [0.25, 0.3) is 5.56 Å². The van der Waals surface area contributed by atoms with Gasteiger partial charge in [-0.3, -0.25) is 9.36 Å². The van der Waals surface area contributed by atoms with E-state index >= 15 is 0 Å². The van der Waals surface area contributed by atoms with Crippen LogP contribution in [0.1, 0.15) is 16.8 Å². The van der Waals surface area contributed by atoms with Crippen molar-refractivity contribution < 1.29 is 22.6 Å². The summed E-state index contributed by atoms with van der Waals surface area (Å²) >= 11 is 2.78. The SMILES string of the molecule is COc1ccc(-n2c(SCc3ccc(C(F)(F)F)cc3)nc3c(c2=O)SCC3)cc1OC. The summed E-state index contributed by atoms with van der Waals surface area (Å²) in [6, 6.07) is 10.2. The summed E-state index contributed by atoms with van der Waals surface area (Å²) in [4.78, 5) is 18.6. The van der Waals surface area contributed by atoms with Crippen LogP contribution >= 0.6 is 23.5 Å². The quantitative estimate of drug-likeness (QED) is 0.357. The first kappa shape index (κ1) is 22.6. The van der Waals surface area contributed by atoms with E-state index < -0.39 is 11.7 Å². The predicted molar refractivity (Wildman–Crippen MR) is 118 cm³/mol. The van der Waals surface area contributed by atoms with Gasteiger partial charge in [0.2, 0.25) is 0 Å². The van der Waals surface area contributed by atoms with Gasteiger partial charge in [-0.2, -0.15) is 13.2 Å². The fourth-order valence-corrected chi connectivity index (χ4v) is 5.33. The Balaban J connectivity index is 1.71. The fraction of sp³-hybridized carbons (Fsp3) is 0.273. The number of halogens is 3. The summed E-state index contributed by atoms with van der Waals surface area (Å²) in [5, 5.41) is 0.475. The molecule has 2 heterocycles. The number of methoxy groups -OCH3 is 2. The zero-order valence-corrected chi connectivity index (χ0v) is 18.9. The van der Waals surface area contributed by atoms with E-state index in [9.17, 15) is 18.0 Å². The molecule has 168 valence electrons. The van der Waals surface area contributed by atoms with Crippen molar-refractivity contribution in [3.63, 3.8) is 0 Å². The molecule has 4 rings (SSSR count). The molecule has 0 saturated heterocycles. The Morgan fingerprint density at radius 3 is 2.47 bits per heavy atom. The lowest BCUT2D eigenvalue weighted by atomic mass is 10.1. The number of rotatable bonds is 6. The molecule has 0 aliphatic carbocycles. The van der Waals surface area contributed by atoms with Crippen molar-refractivity contribution in [3.05, 3.63) is 69.6 Å². The molecule has 1 aliphatic rings. The molecule has 2 aromatic carbocycles. The lowest BCUT2D eigenvalue weighted by Gasteiger charge is -2.16. The minimum absolute atomic E-state index is 0.167. The third-order valence-corrected chi connectivity index (χ3v) is 7.06. The van der Waals surface area contributed by atoms with Gasteiger partial charge in [0.05, 0.1) is 36.1 Å². The van der Waals surface area contributed by atoms with Crippen molar-refractivity contribution in [2.45, 2.75) is 28.4 Å². The van der Waals surface area contributed by atoms with Crippen molar-refractivity contribution in [1.29, 1.82) is 0 Å². The number of thioether (sulfide) groups is 2. The maximum atomic E-state index is 13.3. The van der Waals surface area contributed by atoms with E-state index in [-0.39, 0.29) is 5.56 Å². The molecule has 3 aromatic rings. The Hall–Kier alpha value is -2.59. The second-order valence-corrected chi connectivity index (χ2v) is 8.98. The lowest BCUT2D eigenvalue weighted by Crippen LogP contribution is -2.23. The second kappa shape index (κ2) is 9.11. The highest BCUT2D eigenvalue weighted by Crippen LogP contribution is 2.34. The van der Waals surface area contributed by atoms with Crippen LogP contribution in [0.5, 0.6) is 11.5 Å². The number of alkyl halides is 3. The van der Waals surface area contributed by atoms with Gasteiger partial charge in [0.1, 0.15) is 0 Å². The number of aryl methyl sites for hydroxylation is 1. The summed E-state index contributed by atoms with van der Waals surface area (Å²) in [5.74, 6) is 2.16. The fourth-order valence-electron chi connectivity index (χ4n) is 3.32. The van der Waals surface area contributed by atoms with Crippen molar-refractivity contribution >= 4 is 23.5 Å². The number of nitrogens with zero attached hydrogens (tertiary/aromatic N) is 2. The topological polar surface area (TPSA) is 53.4 Å². The van der Waals surface area contributed by atoms with Crippen LogP contribution in [-0.2, 0) is 18.3 Å². The summed E-state index contributed by atoms with van der Waals surface area (Å²) in [5.41, 5.74) is 1.17. The second-order valence-electron chi connectivity index (χ2n) is 6.93. The smallest absolute Gasteiger partial charge is 0.416 e. The molecule has 1 aromatic heterocycles. The highest BCUT2D eigenvalue weighted by atomic mass is 32.2. The molecule has 0 amide bonds. The van der Waals surface area contributed by atoms with Crippen LogP contribution < -0.4 is 15.0 Å². The number of benzene rings is 2. The molecule has 0 atom stereocenters. The Morgan fingerprint density at radius 2 is 1.81 bits per heavy atom. The van der Waals surface area contributed by atoms with Gasteiger partial charge < -0.3 is 9.47 Å². The molecule has 0 radical (unpaired) electrons. The van der Waals surface area contributed by atoms with Crippen molar-refractivity contribution in [2.75, 3.05) is 20.0 Å². The Bertz CT molecular complexity index is 1190. The first-order chi connectivity index (χ1) is 15.3. The van der Waals surface area contributed by atoms with Crippen molar-refractivity contribution in [3.8, 4) is 17.2 Å². The van der Waals surface area contributed by atoms with Crippen LogP contribution in [0, 0.1) is 0 Å². The third-order valence-electron chi connectivity index (χ3n) is 4.94. The molecule has 1 aliphatic heterocycles. The molecular weight excluding hydrogens is 461 g/mol. The molecule has 0 spiro atoms. The van der Waals surface area contributed by atoms with E-state index in [1.807, 2.05) is 0 Å². The van der Waals surface area contributed by atoms with E-state index in [4.69, 9.17) is 14.5 Å². The third kappa shape index (κ3) is 4.47. The Labute approximate surface area is 191 Å². The summed E-state index contributed by atoms with van der Waals surface area (Å²) in [6.07, 6.45) is -3.67. The molecule has 5 nitrogen and oxygen atoms in total.